The van der Waals surface area contributed by atoms with Crippen LogP contribution in [0.1, 0.15) is 11.3 Å². The molecule has 0 saturated carbocycles. The Balaban J connectivity index is 2.88. The van der Waals surface area contributed by atoms with Crippen LogP contribution in [0.2, 0.25) is 25.1 Å². The van der Waals surface area contributed by atoms with E-state index in [2.05, 4.69) is 4.98 Å². The predicted molar refractivity (Wildman–Crippen MR) is 89.0 cm³/mol. The maximum absolute atomic E-state index is 13.0. The van der Waals surface area contributed by atoms with Crippen LogP contribution in [0.3, 0.4) is 0 Å². The molecule has 1 heterocycles. The lowest BCUT2D eigenvalue weighted by atomic mass is 10.00. The molecule has 0 aliphatic carbocycles. The summed E-state index contributed by atoms with van der Waals surface area (Å²) < 4.78 is 38.9. The molecule has 24 heavy (non-hydrogen) atoms. The van der Waals surface area contributed by atoms with Gasteiger partial charge in [0, 0.05) is 17.3 Å². The van der Waals surface area contributed by atoms with Gasteiger partial charge in [-0.25, -0.2) is 0 Å². The Morgan fingerprint density at radius 2 is 1.46 bits per heavy atom. The molecule has 2 rings (SSSR count). The zero-order valence-corrected chi connectivity index (χ0v) is 15.1. The fourth-order valence-corrected chi connectivity index (χ4v) is 3.26. The van der Waals surface area contributed by atoms with Gasteiger partial charge in [0.25, 0.3) is 0 Å². The van der Waals surface area contributed by atoms with E-state index in [0.717, 1.165) is 6.07 Å². The highest BCUT2D eigenvalue weighted by Crippen LogP contribution is 2.49. The van der Waals surface area contributed by atoms with Crippen LogP contribution >= 0.6 is 58.0 Å². The van der Waals surface area contributed by atoms with Gasteiger partial charge in [-0.2, -0.15) is 18.4 Å². The van der Waals surface area contributed by atoms with E-state index >= 15 is 0 Å². The van der Waals surface area contributed by atoms with Crippen LogP contribution in [0.5, 0.6) is 0 Å². The van der Waals surface area contributed by atoms with E-state index in [4.69, 9.17) is 63.3 Å². The minimum absolute atomic E-state index is 0.0451. The van der Waals surface area contributed by atoms with Crippen molar-refractivity contribution in [1.29, 1.82) is 5.26 Å². The molecule has 0 aliphatic heterocycles. The van der Waals surface area contributed by atoms with Gasteiger partial charge in [-0.15, -0.1) is 0 Å². The number of aromatic nitrogens is 1. The number of halogens is 8. The molecule has 0 bridgehead atoms. The maximum Gasteiger partial charge on any atom is 0.417 e. The third-order valence-electron chi connectivity index (χ3n) is 3.02. The average Bonchev–Trinajstić information content (AvgIpc) is 2.52. The zero-order chi connectivity index (χ0) is 18.2. The second-order valence-electron chi connectivity index (χ2n) is 4.50. The highest BCUT2D eigenvalue weighted by Gasteiger charge is 2.33. The van der Waals surface area contributed by atoms with Crippen molar-refractivity contribution in [3.05, 3.63) is 48.6 Å². The number of benzene rings is 1. The molecule has 0 unspecified atom stereocenters. The summed E-state index contributed by atoms with van der Waals surface area (Å²) in [6.07, 6.45) is -4.29. The predicted octanol–water partition coefficient (Wildman–Crippen LogP) is 7.10. The van der Waals surface area contributed by atoms with Crippen LogP contribution in [0.4, 0.5) is 13.2 Å². The van der Waals surface area contributed by atoms with Crippen LogP contribution < -0.4 is 0 Å². The number of rotatable bonds is 2. The average molecular weight is 434 g/mol. The van der Waals surface area contributed by atoms with E-state index in [9.17, 15) is 13.2 Å². The Morgan fingerprint density at radius 1 is 0.958 bits per heavy atom. The lowest BCUT2D eigenvalue weighted by Crippen LogP contribution is -2.08. The molecule has 0 N–H and O–H groups in total. The summed E-state index contributed by atoms with van der Waals surface area (Å²) in [5.41, 5.74) is -1.15. The van der Waals surface area contributed by atoms with E-state index in [1.807, 2.05) is 6.07 Å². The van der Waals surface area contributed by atoms with Gasteiger partial charge in [-0.05, 0) is 6.07 Å². The van der Waals surface area contributed by atoms with Crippen molar-refractivity contribution < 1.29 is 13.2 Å². The van der Waals surface area contributed by atoms with E-state index in [1.54, 1.807) is 0 Å². The Morgan fingerprint density at radius 3 is 1.92 bits per heavy atom. The third kappa shape index (κ3) is 3.54. The van der Waals surface area contributed by atoms with Crippen molar-refractivity contribution in [2.75, 3.05) is 0 Å². The molecule has 0 spiro atoms. The highest BCUT2D eigenvalue weighted by atomic mass is 35.5. The number of nitriles is 1. The summed E-state index contributed by atoms with van der Waals surface area (Å²) in [4.78, 5) is 3.70. The molecule has 2 aromatic rings. The Hall–Kier alpha value is -0.900. The van der Waals surface area contributed by atoms with Gasteiger partial charge in [0.05, 0.1) is 48.9 Å². The molecular formula is C14H4Cl5F3N2. The number of alkyl halides is 3. The lowest BCUT2D eigenvalue weighted by molar-refractivity contribution is -0.137. The maximum atomic E-state index is 13.0. The summed E-state index contributed by atoms with van der Waals surface area (Å²) in [6, 6.07) is 2.59. The monoisotopic (exact) mass is 432 g/mol. The van der Waals surface area contributed by atoms with Crippen molar-refractivity contribution in [3.63, 3.8) is 0 Å². The van der Waals surface area contributed by atoms with Crippen molar-refractivity contribution >= 4 is 58.0 Å². The van der Waals surface area contributed by atoms with Crippen molar-refractivity contribution in [2.45, 2.75) is 12.6 Å². The first-order valence-corrected chi connectivity index (χ1v) is 7.93. The third-order valence-corrected chi connectivity index (χ3v) is 5.30. The molecular weight excluding hydrogens is 430 g/mol. The fourth-order valence-electron chi connectivity index (χ4n) is 1.92. The first kappa shape index (κ1) is 19.4. The van der Waals surface area contributed by atoms with Crippen LogP contribution in [0, 0.1) is 11.3 Å². The Kier molecular flexibility index (Phi) is 5.79. The molecule has 0 radical (unpaired) electrons. The molecule has 126 valence electrons. The molecule has 2 nitrogen and oxygen atoms in total. The molecule has 0 aliphatic rings. The second kappa shape index (κ2) is 7.15. The van der Waals surface area contributed by atoms with E-state index in [-0.39, 0.29) is 48.4 Å². The number of hydrogen-bond donors (Lipinski definition) is 0. The molecule has 10 heteroatoms. The van der Waals surface area contributed by atoms with Gasteiger partial charge >= 0.3 is 6.18 Å². The van der Waals surface area contributed by atoms with Gasteiger partial charge in [-0.1, -0.05) is 58.0 Å². The second-order valence-corrected chi connectivity index (χ2v) is 6.39. The zero-order valence-electron chi connectivity index (χ0n) is 11.3. The summed E-state index contributed by atoms with van der Waals surface area (Å²) in [5, 5.41) is 8.04. The van der Waals surface area contributed by atoms with E-state index < -0.39 is 11.7 Å². The normalized spacial score (nSPS) is 11.5. The lowest BCUT2D eigenvalue weighted by Gasteiger charge is -2.16. The van der Waals surface area contributed by atoms with Crippen LogP contribution in [-0.4, -0.2) is 4.98 Å². The van der Waals surface area contributed by atoms with Crippen LogP contribution in [0.25, 0.3) is 11.1 Å². The highest BCUT2D eigenvalue weighted by molar-refractivity contribution is 6.56. The number of nitrogens with zero attached hydrogens (tertiary/aromatic N) is 2. The fraction of sp³-hybridized carbons (Fsp3) is 0.143. The summed E-state index contributed by atoms with van der Waals surface area (Å²) >= 11 is 30.0. The Labute approximate surface area is 159 Å². The molecule has 1 aromatic heterocycles. The molecule has 0 amide bonds. The summed E-state index contributed by atoms with van der Waals surface area (Å²) in [7, 11) is 0. The quantitative estimate of drug-likeness (QED) is 0.373. The molecule has 0 saturated heterocycles. The van der Waals surface area contributed by atoms with Gasteiger partial charge < -0.3 is 0 Å². The molecule has 0 atom stereocenters. The summed E-state index contributed by atoms with van der Waals surface area (Å²) in [6.45, 7) is 0. The molecule has 0 fully saturated rings. The minimum Gasteiger partial charge on any atom is -0.259 e. The number of pyridine rings is 1. The first-order valence-electron chi connectivity index (χ1n) is 6.04. The smallest absolute Gasteiger partial charge is 0.259 e. The standard InChI is InChI=1S/C14H4Cl5F3N2/c15-9-8(10(16)12(18)13(19)11(9)17)6-3-5(14(20,21)22)4-24-7(6)1-2-23/h3-4H,1H2. The van der Waals surface area contributed by atoms with Gasteiger partial charge in [0.15, 0.2) is 0 Å². The van der Waals surface area contributed by atoms with Gasteiger partial charge in [-0.3, -0.25) is 4.98 Å². The van der Waals surface area contributed by atoms with E-state index in [0.29, 0.717) is 6.20 Å². The van der Waals surface area contributed by atoms with Crippen molar-refractivity contribution in [2.24, 2.45) is 0 Å². The van der Waals surface area contributed by atoms with Crippen molar-refractivity contribution in [3.8, 4) is 17.2 Å². The first-order chi connectivity index (χ1) is 11.1. The SMILES string of the molecule is N#CCc1ncc(C(F)(F)F)cc1-c1c(Cl)c(Cl)c(Cl)c(Cl)c1Cl. The van der Waals surface area contributed by atoms with Crippen molar-refractivity contribution in [1.82, 2.24) is 4.98 Å². The van der Waals surface area contributed by atoms with Crippen LogP contribution in [0.15, 0.2) is 12.3 Å². The van der Waals surface area contributed by atoms with Gasteiger partial charge in [0.1, 0.15) is 0 Å². The minimum atomic E-state index is -4.65. The van der Waals surface area contributed by atoms with Gasteiger partial charge in [0.2, 0.25) is 0 Å². The Bertz CT molecular complexity index is 830. The largest absolute Gasteiger partial charge is 0.417 e. The summed E-state index contributed by atoms with van der Waals surface area (Å²) in [5.74, 6) is 0. The topological polar surface area (TPSA) is 36.7 Å². The van der Waals surface area contributed by atoms with E-state index in [1.165, 1.54) is 0 Å². The molecule has 1 aromatic carbocycles. The number of hydrogen-bond acceptors (Lipinski definition) is 2. The van der Waals surface area contributed by atoms with Crippen LogP contribution in [-0.2, 0) is 12.6 Å².